The molecule has 120 valence electrons. The van der Waals surface area contributed by atoms with Crippen molar-refractivity contribution in [3.8, 4) is 0 Å². The fourth-order valence-corrected chi connectivity index (χ4v) is 5.24. The fraction of sp³-hybridized carbons (Fsp3) is 0.500. The third kappa shape index (κ3) is 2.64. The van der Waals surface area contributed by atoms with Gasteiger partial charge in [-0.3, -0.25) is 4.79 Å². The van der Waals surface area contributed by atoms with Crippen molar-refractivity contribution in [1.29, 1.82) is 0 Å². The predicted octanol–water partition coefficient (Wildman–Crippen LogP) is 0.995. The number of benzene rings is 1. The normalized spacial score (nSPS) is 20.4. The number of methoxy groups -OCH3 is 1. The highest BCUT2D eigenvalue weighted by Gasteiger charge is 2.38. The molecule has 22 heavy (non-hydrogen) atoms. The van der Waals surface area contributed by atoms with Crippen molar-refractivity contribution in [3.63, 3.8) is 0 Å². The average Bonchev–Trinajstić information content (AvgIpc) is 2.77. The maximum atomic E-state index is 12.5. The molecule has 2 heterocycles. The zero-order chi connectivity index (χ0) is 15.9. The molecule has 2 aliphatic heterocycles. The van der Waals surface area contributed by atoms with Gasteiger partial charge < -0.3 is 9.64 Å². The van der Waals surface area contributed by atoms with E-state index in [1.54, 1.807) is 28.8 Å². The zero-order valence-corrected chi connectivity index (χ0v) is 14.1. The Hall–Kier alpha value is -1.09. The Bertz CT molecular complexity index is 718. The molecule has 0 fully saturated rings. The number of amides is 1. The topological polar surface area (TPSA) is 75.7 Å². The van der Waals surface area contributed by atoms with Crippen molar-refractivity contribution in [2.75, 3.05) is 31.7 Å². The molecule has 1 aromatic carbocycles. The molecule has 0 aliphatic carbocycles. The van der Waals surface area contributed by atoms with Gasteiger partial charge in [0, 0.05) is 35.9 Å². The minimum absolute atomic E-state index is 0.0251. The number of nitrogens with one attached hydrogen (secondary N) is 1. The van der Waals surface area contributed by atoms with E-state index >= 15 is 0 Å². The van der Waals surface area contributed by atoms with Crippen LogP contribution in [0.2, 0.25) is 0 Å². The third-order valence-electron chi connectivity index (χ3n) is 3.76. The highest BCUT2D eigenvalue weighted by molar-refractivity contribution is 8.00. The van der Waals surface area contributed by atoms with Crippen LogP contribution < -0.4 is 9.62 Å². The van der Waals surface area contributed by atoms with Crippen molar-refractivity contribution in [2.45, 2.75) is 28.4 Å². The van der Waals surface area contributed by atoms with Gasteiger partial charge in [-0.25, -0.2) is 13.1 Å². The minimum atomic E-state index is -3.64. The van der Waals surface area contributed by atoms with E-state index < -0.39 is 10.0 Å². The highest BCUT2D eigenvalue weighted by Crippen LogP contribution is 2.46. The molecule has 2 aliphatic rings. The number of nitrogens with zero attached hydrogens (tertiary/aromatic N) is 1. The number of hydrogen-bond acceptors (Lipinski definition) is 5. The first-order valence-corrected chi connectivity index (χ1v) is 9.42. The summed E-state index contributed by atoms with van der Waals surface area (Å²) in [6, 6.07) is 3.40. The first-order valence-electron chi connectivity index (χ1n) is 7.05. The van der Waals surface area contributed by atoms with E-state index in [1.807, 2.05) is 0 Å². The Morgan fingerprint density at radius 2 is 2.23 bits per heavy atom. The van der Waals surface area contributed by atoms with Crippen molar-refractivity contribution in [1.82, 2.24) is 4.72 Å². The Morgan fingerprint density at radius 1 is 1.45 bits per heavy atom. The van der Waals surface area contributed by atoms with E-state index in [0.29, 0.717) is 24.0 Å². The molecule has 8 heteroatoms. The van der Waals surface area contributed by atoms with Crippen LogP contribution in [0.15, 0.2) is 21.9 Å². The number of thioether (sulfide) groups is 1. The molecule has 0 saturated carbocycles. The smallest absolute Gasteiger partial charge is 0.241 e. The van der Waals surface area contributed by atoms with E-state index in [0.717, 1.165) is 10.6 Å². The lowest BCUT2D eigenvalue weighted by Gasteiger charge is -2.29. The number of hydrogen-bond donors (Lipinski definition) is 1. The summed E-state index contributed by atoms with van der Waals surface area (Å²) in [6.07, 6.45) is 0.150. The van der Waals surface area contributed by atoms with Crippen LogP contribution in [0, 0.1) is 0 Å². The molecule has 1 aromatic rings. The van der Waals surface area contributed by atoms with Crippen LogP contribution in [0.25, 0.3) is 0 Å². The monoisotopic (exact) mass is 342 g/mol. The lowest BCUT2D eigenvalue weighted by atomic mass is 10.1. The van der Waals surface area contributed by atoms with Crippen LogP contribution in [-0.2, 0) is 26.0 Å². The molecule has 0 radical (unpaired) electrons. The van der Waals surface area contributed by atoms with E-state index in [9.17, 15) is 13.2 Å². The van der Waals surface area contributed by atoms with E-state index in [1.165, 1.54) is 7.11 Å². The second-order valence-corrected chi connectivity index (χ2v) is 8.60. The Labute approximate surface area is 134 Å². The second-order valence-electron chi connectivity index (χ2n) is 5.39. The van der Waals surface area contributed by atoms with Crippen molar-refractivity contribution in [3.05, 3.63) is 17.7 Å². The zero-order valence-electron chi connectivity index (χ0n) is 12.5. The van der Waals surface area contributed by atoms with Crippen LogP contribution in [0.1, 0.15) is 12.5 Å². The van der Waals surface area contributed by atoms with Gasteiger partial charge in [0.1, 0.15) is 0 Å². The van der Waals surface area contributed by atoms with Gasteiger partial charge >= 0.3 is 0 Å². The summed E-state index contributed by atoms with van der Waals surface area (Å²) in [5, 5.41) is 0.310. The van der Waals surface area contributed by atoms with E-state index in [2.05, 4.69) is 11.6 Å². The average molecular weight is 342 g/mol. The fourth-order valence-electron chi connectivity index (χ4n) is 2.84. The molecule has 3 rings (SSSR count). The molecule has 1 atom stereocenters. The molecule has 0 unspecified atom stereocenters. The summed E-state index contributed by atoms with van der Waals surface area (Å²) >= 11 is 1.68. The summed E-state index contributed by atoms with van der Waals surface area (Å²) < 4.78 is 32.3. The number of carbonyl (C=O) groups excluding carboxylic acids is 1. The lowest BCUT2D eigenvalue weighted by molar-refractivity contribution is -0.117. The molecule has 0 bridgehead atoms. The number of carbonyl (C=O) groups is 1. The quantitative estimate of drug-likeness (QED) is 0.808. The first kappa shape index (κ1) is 15.8. The number of ether oxygens (including phenoxy) is 1. The summed E-state index contributed by atoms with van der Waals surface area (Å²) in [6.45, 7) is 3.21. The van der Waals surface area contributed by atoms with Gasteiger partial charge in [0.05, 0.1) is 23.6 Å². The largest absolute Gasteiger partial charge is 0.383 e. The number of sulfonamides is 1. The van der Waals surface area contributed by atoms with Crippen molar-refractivity contribution < 1.29 is 17.9 Å². The van der Waals surface area contributed by atoms with E-state index in [4.69, 9.17) is 4.74 Å². The van der Waals surface area contributed by atoms with Gasteiger partial charge in [0.25, 0.3) is 0 Å². The third-order valence-corrected chi connectivity index (χ3v) is 6.44. The first-order chi connectivity index (χ1) is 10.4. The number of rotatable bonds is 5. The van der Waals surface area contributed by atoms with Gasteiger partial charge in [0.2, 0.25) is 15.9 Å². The van der Waals surface area contributed by atoms with Crippen LogP contribution in [0.5, 0.6) is 0 Å². The second kappa shape index (κ2) is 5.84. The molecule has 0 saturated heterocycles. The number of anilines is 1. The van der Waals surface area contributed by atoms with Crippen molar-refractivity contribution >= 4 is 33.4 Å². The molecule has 0 aromatic heterocycles. The van der Waals surface area contributed by atoms with Gasteiger partial charge in [-0.15, -0.1) is 11.8 Å². The van der Waals surface area contributed by atoms with Gasteiger partial charge in [0.15, 0.2) is 0 Å². The highest BCUT2D eigenvalue weighted by atomic mass is 32.2. The van der Waals surface area contributed by atoms with Crippen molar-refractivity contribution in [2.24, 2.45) is 0 Å². The molecule has 1 amide bonds. The maximum Gasteiger partial charge on any atom is 0.241 e. The maximum absolute atomic E-state index is 12.5. The molecule has 0 spiro atoms. The van der Waals surface area contributed by atoms with Gasteiger partial charge in [-0.2, -0.15) is 0 Å². The van der Waals surface area contributed by atoms with Gasteiger partial charge in [-0.1, -0.05) is 6.92 Å². The Balaban J connectivity index is 2.02. The standard InChI is InChI=1S/C14H18N2O4S2/c1-9-8-16-13(17)7-10-12(4-3-11(21-9)14(10)16)22(18,19)15-5-6-20-2/h3-4,9,15H,5-8H2,1-2H3/t9-/m1/s1. The molecular weight excluding hydrogens is 324 g/mol. The summed E-state index contributed by atoms with van der Waals surface area (Å²) in [7, 11) is -2.12. The molecule has 6 nitrogen and oxygen atoms in total. The molecular formula is C14H18N2O4S2. The molecule has 1 N–H and O–H groups in total. The Morgan fingerprint density at radius 3 is 2.95 bits per heavy atom. The van der Waals surface area contributed by atoms with Crippen LogP contribution in [-0.4, -0.2) is 46.4 Å². The van der Waals surface area contributed by atoms with Crippen LogP contribution >= 0.6 is 11.8 Å². The van der Waals surface area contributed by atoms with E-state index in [-0.39, 0.29) is 23.8 Å². The lowest BCUT2D eigenvalue weighted by Crippen LogP contribution is -2.35. The summed E-state index contributed by atoms with van der Waals surface area (Å²) in [5.41, 5.74) is 1.40. The summed E-state index contributed by atoms with van der Waals surface area (Å²) in [4.78, 5) is 15.1. The summed E-state index contributed by atoms with van der Waals surface area (Å²) in [5.74, 6) is -0.0251. The van der Waals surface area contributed by atoms with Gasteiger partial charge in [-0.05, 0) is 12.1 Å². The Kier molecular flexibility index (Phi) is 4.19. The minimum Gasteiger partial charge on any atom is -0.383 e. The predicted molar refractivity (Wildman–Crippen MR) is 84.9 cm³/mol. The van der Waals surface area contributed by atoms with Crippen LogP contribution in [0.4, 0.5) is 5.69 Å². The SMILES string of the molecule is COCCNS(=O)(=O)c1ccc2c3c1CC(=O)N3C[C@@H](C)S2. The van der Waals surface area contributed by atoms with Crippen LogP contribution in [0.3, 0.4) is 0 Å².